The van der Waals surface area contributed by atoms with E-state index in [2.05, 4.69) is 24.2 Å². The zero-order valence-corrected chi connectivity index (χ0v) is 9.85. The molecular formula is C12H14ClN3. The van der Waals surface area contributed by atoms with Crippen LogP contribution in [0.5, 0.6) is 0 Å². The molecule has 16 heavy (non-hydrogen) atoms. The monoisotopic (exact) mass is 235 g/mol. The van der Waals surface area contributed by atoms with Gasteiger partial charge in [0.25, 0.3) is 0 Å². The SMILES string of the molecule is Cc1ccccc1C(CN)n1cc(Cl)cn1. The molecule has 0 radical (unpaired) electrons. The Kier molecular flexibility index (Phi) is 3.27. The summed E-state index contributed by atoms with van der Waals surface area (Å²) in [4.78, 5) is 0. The lowest BCUT2D eigenvalue weighted by Crippen LogP contribution is -2.21. The van der Waals surface area contributed by atoms with Gasteiger partial charge in [0.2, 0.25) is 0 Å². The van der Waals surface area contributed by atoms with E-state index >= 15 is 0 Å². The minimum atomic E-state index is 0.0497. The first-order chi connectivity index (χ1) is 7.72. The first-order valence-corrected chi connectivity index (χ1v) is 5.55. The first kappa shape index (κ1) is 11.2. The fourth-order valence-electron chi connectivity index (χ4n) is 1.82. The van der Waals surface area contributed by atoms with Crippen LogP contribution in [0.4, 0.5) is 0 Å². The van der Waals surface area contributed by atoms with E-state index in [1.807, 2.05) is 16.8 Å². The molecule has 84 valence electrons. The van der Waals surface area contributed by atoms with E-state index in [1.54, 1.807) is 12.4 Å². The van der Waals surface area contributed by atoms with Gasteiger partial charge in [-0.1, -0.05) is 35.9 Å². The number of nitrogens with two attached hydrogens (primary N) is 1. The van der Waals surface area contributed by atoms with Gasteiger partial charge in [0.1, 0.15) is 0 Å². The second kappa shape index (κ2) is 4.68. The topological polar surface area (TPSA) is 43.8 Å². The lowest BCUT2D eigenvalue weighted by molar-refractivity contribution is 0.530. The third-order valence-electron chi connectivity index (χ3n) is 2.66. The summed E-state index contributed by atoms with van der Waals surface area (Å²) < 4.78 is 1.81. The van der Waals surface area contributed by atoms with E-state index in [0.717, 1.165) is 0 Å². The van der Waals surface area contributed by atoms with Gasteiger partial charge in [0, 0.05) is 12.7 Å². The summed E-state index contributed by atoms with van der Waals surface area (Å²) in [6.45, 7) is 2.58. The first-order valence-electron chi connectivity index (χ1n) is 5.17. The molecule has 0 fully saturated rings. The molecule has 4 heteroatoms. The van der Waals surface area contributed by atoms with E-state index in [4.69, 9.17) is 17.3 Å². The van der Waals surface area contributed by atoms with Crippen LogP contribution in [0.3, 0.4) is 0 Å². The summed E-state index contributed by atoms with van der Waals surface area (Å²) in [5.74, 6) is 0. The molecule has 0 aliphatic heterocycles. The Balaban J connectivity index is 2.40. The van der Waals surface area contributed by atoms with Crippen molar-refractivity contribution in [3.8, 4) is 0 Å². The zero-order valence-electron chi connectivity index (χ0n) is 9.10. The molecule has 2 N–H and O–H groups in total. The van der Waals surface area contributed by atoms with E-state index in [9.17, 15) is 0 Å². The van der Waals surface area contributed by atoms with Crippen molar-refractivity contribution < 1.29 is 0 Å². The second-order valence-corrected chi connectivity index (χ2v) is 4.18. The Morgan fingerprint density at radius 3 is 2.75 bits per heavy atom. The van der Waals surface area contributed by atoms with Gasteiger partial charge in [-0.2, -0.15) is 5.10 Å². The molecule has 1 aromatic carbocycles. The summed E-state index contributed by atoms with van der Waals surface area (Å²) in [5.41, 5.74) is 8.21. The van der Waals surface area contributed by atoms with Crippen molar-refractivity contribution in [2.45, 2.75) is 13.0 Å². The largest absolute Gasteiger partial charge is 0.328 e. The average Bonchev–Trinajstić information content (AvgIpc) is 2.69. The molecule has 0 bridgehead atoms. The normalized spacial score (nSPS) is 12.7. The van der Waals surface area contributed by atoms with E-state index < -0.39 is 0 Å². The molecule has 0 aliphatic carbocycles. The summed E-state index contributed by atoms with van der Waals surface area (Å²) in [5, 5.41) is 4.84. The van der Waals surface area contributed by atoms with Gasteiger partial charge in [0.05, 0.1) is 17.3 Å². The van der Waals surface area contributed by atoms with Crippen molar-refractivity contribution in [1.29, 1.82) is 0 Å². The van der Waals surface area contributed by atoms with Crippen LogP contribution in [-0.4, -0.2) is 16.3 Å². The molecule has 0 saturated carbocycles. The number of benzene rings is 1. The number of hydrogen-bond acceptors (Lipinski definition) is 2. The van der Waals surface area contributed by atoms with Gasteiger partial charge in [-0.05, 0) is 18.1 Å². The quantitative estimate of drug-likeness (QED) is 0.888. The predicted molar refractivity (Wildman–Crippen MR) is 65.6 cm³/mol. The summed E-state index contributed by atoms with van der Waals surface area (Å²) in [6.07, 6.45) is 3.42. The van der Waals surface area contributed by atoms with Crippen molar-refractivity contribution in [3.05, 3.63) is 52.8 Å². The van der Waals surface area contributed by atoms with Crippen LogP contribution in [0.25, 0.3) is 0 Å². The Bertz CT molecular complexity index is 479. The Morgan fingerprint density at radius 1 is 1.44 bits per heavy atom. The van der Waals surface area contributed by atoms with Gasteiger partial charge < -0.3 is 5.73 Å². The smallest absolute Gasteiger partial charge is 0.0893 e. The molecule has 0 amide bonds. The van der Waals surface area contributed by atoms with Gasteiger partial charge in [-0.3, -0.25) is 4.68 Å². The number of halogens is 1. The molecule has 2 aromatic rings. The molecule has 3 nitrogen and oxygen atoms in total. The van der Waals surface area contributed by atoms with Crippen molar-refractivity contribution in [1.82, 2.24) is 9.78 Å². The number of aryl methyl sites for hydroxylation is 1. The van der Waals surface area contributed by atoms with Crippen LogP contribution >= 0.6 is 11.6 Å². The molecule has 2 rings (SSSR count). The Hall–Kier alpha value is -1.32. The van der Waals surface area contributed by atoms with Crippen LogP contribution in [-0.2, 0) is 0 Å². The summed E-state index contributed by atoms with van der Waals surface area (Å²) in [6, 6.07) is 8.22. The fourth-order valence-corrected chi connectivity index (χ4v) is 1.97. The molecule has 1 aromatic heterocycles. The zero-order chi connectivity index (χ0) is 11.5. The van der Waals surface area contributed by atoms with E-state index in [-0.39, 0.29) is 6.04 Å². The van der Waals surface area contributed by atoms with Crippen LogP contribution in [0.2, 0.25) is 5.02 Å². The average molecular weight is 236 g/mol. The van der Waals surface area contributed by atoms with E-state index in [1.165, 1.54) is 11.1 Å². The third-order valence-corrected chi connectivity index (χ3v) is 2.86. The minimum Gasteiger partial charge on any atom is -0.328 e. The summed E-state index contributed by atoms with van der Waals surface area (Å²) in [7, 11) is 0. The fraction of sp³-hybridized carbons (Fsp3) is 0.250. The van der Waals surface area contributed by atoms with Crippen molar-refractivity contribution >= 4 is 11.6 Å². The molecule has 0 saturated heterocycles. The highest BCUT2D eigenvalue weighted by atomic mass is 35.5. The Labute approximate surface area is 99.8 Å². The highest BCUT2D eigenvalue weighted by molar-refractivity contribution is 6.30. The van der Waals surface area contributed by atoms with Gasteiger partial charge in [-0.25, -0.2) is 0 Å². The van der Waals surface area contributed by atoms with Crippen LogP contribution in [0, 0.1) is 6.92 Å². The van der Waals surface area contributed by atoms with Crippen molar-refractivity contribution in [2.75, 3.05) is 6.54 Å². The number of aromatic nitrogens is 2. The lowest BCUT2D eigenvalue weighted by atomic mass is 10.0. The van der Waals surface area contributed by atoms with Crippen LogP contribution in [0.15, 0.2) is 36.7 Å². The van der Waals surface area contributed by atoms with Crippen LogP contribution in [0.1, 0.15) is 17.2 Å². The molecule has 1 atom stereocenters. The highest BCUT2D eigenvalue weighted by Crippen LogP contribution is 2.21. The number of nitrogens with zero attached hydrogens (tertiary/aromatic N) is 2. The summed E-state index contributed by atoms with van der Waals surface area (Å²) >= 11 is 5.86. The standard InChI is InChI=1S/C12H14ClN3/c1-9-4-2-3-5-11(9)12(6-14)16-8-10(13)7-15-16/h2-5,7-8,12H,6,14H2,1H3. The Morgan fingerprint density at radius 2 is 2.19 bits per heavy atom. The van der Waals surface area contributed by atoms with Gasteiger partial charge >= 0.3 is 0 Å². The lowest BCUT2D eigenvalue weighted by Gasteiger charge is -2.17. The molecular weight excluding hydrogens is 222 g/mol. The number of hydrogen-bond donors (Lipinski definition) is 1. The maximum absolute atomic E-state index is 5.86. The third kappa shape index (κ3) is 2.10. The highest BCUT2D eigenvalue weighted by Gasteiger charge is 2.14. The predicted octanol–water partition coefficient (Wildman–Crippen LogP) is 2.39. The maximum Gasteiger partial charge on any atom is 0.0893 e. The van der Waals surface area contributed by atoms with E-state index in [0.29, 0.717) is 11.6 Å². The van der Waals surface area contributed by atoms with Crippen molar-refractivity contribution in [3.63, 3.8) is 0 Å². The molecule has 1 heterocycles. The minimum absolute atomic E-state index is 0.0497. The maximum atomic E-state index is 5.86. The molecule has 1 unspecified atom stereocenters. The van der Waals surface area contributed by atoms with Crippen molar-refractivity contribution in [2.24, 2.45) is 5.73 Å². The molecule has 0 aliphatic rings. The van der Waals surface area contributed by atoms with Crippen LogP contribution < -0.4 is 5.73 Å². The van der Waals surface area contributed by atoms with Gasteiger partial charge in [-0.15, -0.1) is 0 Å². The molecule has 0 spiro atoms. The number of rotatable bonds is 3. The van der Waals surface area contributed by atoms with Gasteiger partial charge in [0.15, 0.2) is 0 Å². The second-order valence-electron chi connectivity index (χ2n) is 3.75.